The molecule has 7 nitrogen and oxygen atoms in total. The molecule has 1 aromatic carbocycles. The van der Waals surface area contributed by atoms with Gasteiger partial charge >= 0.3 is 0 Å². The molecule has 4 N–H and O–H groups in total. The highest BCUT2D eigenvalue weighted by molar-refractivity contribution is 7.89. The fourth-order valence-corrected chi connectivity index (χ4v) is 2.93. The van der Waals surface area contributed by atoms with Crippen molar-refractivity contribution in [3.05, 3.63) is 36.2 Å². The Hall–Kier alpha value is -2.06. The summed E-state index contributed by atoms with van der Waals surface area (Å²) in [4.78, 5) is 0.148. The second-order valence-corrected chi connectivity index (χ2v) is 6.44. The topological polar surface area (TPSA) is 102 Å². The van der Waals surface area contributed by atoms with Crippen molar-refractivity contribution < 1.29 is 8.42 Å². The molecule has 0 amide bonds. The van der Waals surface area contributed by atoms with Crippen LogP contribution in [0.15, 0.2) is 35.4 Å². The summed E-state index contributed by atoms with van der Waals surface area (Å²) < 4.78 is 28.1. The van der Waals surface area contributed by atoms with Gasteiger partial charge in [0.25, 0.3) is 0 Å². The van der Waals surface area contributed by atoms with Crippen LogP contribution in [0.5, 0.6) is 0 Å². The SMILES string of the molecule is CNS(=O)(=O)c1cc(N)ccc1NCCc1ccnn1C. The van der Waals surface area contributed by atoms with E-state index in [9.17, 15) is 8.42 Å². The molecular formula is C13H19N5O2S. The van der Waals surface area contributed by atoms with Crippen molar-refractivity contribution in [2.45, 2.75) is 11.3 Å². The van der Waals surface area contributed by atoms with E-state index in [0.717, 1.165) is 12.1 Å². The molecule has 0 bridgehead atoms. The zero-order valence-electron chi connectivity index (χ0n) is 12.0. The number of aryl methyl sites for hydroxylation is 1. The van der Waals surface area contributed by atoms with Gasteiger partial charge in [-0.3, -0.25) is 4.68 Å². The first-order valence-electron chi connectivity index (χ1n) is 6.48. The summed E-state index contributed by atoms with van der Waals surface area (Å²) in [6, 6.07) is 6.71. The van der Waals surface area contributed by atoms with Crippen molar-refractivity contribution in [1.82, 2.24) is 14.5 Å². The summed E-state index contributed by atoms with van der Waals surface area (Å²) in [5.74, 6) is 0. The molecule has 0 atom stereocenters. The molecule has 2 rings (SSSR count). The van der Waals surface area contributed by atoms with Gasteiger partial charge in [0.1, 0.15) is 4.90 Å². The first-order chi connectivity index (χ1) is 9.94. The molecule has 2 aromatic rings. The maximum Gasteiger partial charge on any atom is 0.242 e. The third-order valence-electron chi connectivity index (χ3n) is 3.18. The normalized spacial score (nSPS) is 11.5. The number of hydrogen-bond acceptors (Lipinski definition) is 5. The first kappa shape index (κ1) is 15.3. The molecule has 0 aliphatic rings. The minimum atomic E-state index is -3.55. The lowest BCUT2D eigenvalue weighted by Crippen LogP contribution is -2.21. The molecular weight excluding hydrogens is 290 g/mol. The van der Waals surface area contributed by atoms with Gasteiger partial charge in [-0.1, -0.05) is 0 Å². The number of aromatic nitrogens is 2. The summed E-state index contributed by atoms with van der Waals surface area (Å²) in [5, 5.41) is 7.22. The molecule has 1 aromatic heterocycles. The molecule has 0 saturated carbocycles. The number of nitrogens with one attached hydrogen (secondary N) is 2. The van der Waals surface area contributed by atoms with E-state index in [1.165, 1.54) is 13.1 Å². The van der Waals surface area contributed by atoms with Crippen LogP contribution in [0.25, 0.3) is 0 Å². The van der Waals surface area contributed by atoms with E-state index in [1.807, 2.05) is 13.1 Å². The lowest BCUT2D eigenvalue weighted by Gasteiger charge is -2.13. The molecule has 0 aliphatic heterocycles. The van der Waals surface area contributed by atoms with Crippen molar-refractivity contribution in [3.63, 3.8) is 0 Å². The molecule has 0 radical (unpaired) electrons. The molecule has 0 spiro atoms. The number of rotatable bonds is 6. The number of benzene rings is 1. The van der Waals surface area contributed by atoms with Gasteiger partial charge in [0.15, 0.2) is 0 Å². The van der Waals surface area contributed by atoms with Crippen LogP contribution in [0.1, 0.15) is 5.69 Å². The Morgan fingerprint density at radius 2 is 2.10 bits per heavy atom. The van der Waals surface area contributed by atoms with Crippen LogP contribution in [0.4, 0.5) is 11.4 Å². The third kappa shape index (κ3) is 3.53. The Kier molecular flexibility index (Phi) is 4.49. The lowest BCUT2D eigenvalue weighted by molar-refractivity contribution is 0.588. The molecule has 0 saturated heterocycles. The van der Waals surface area contributed by atoms with Gasteiger partial charge in [0.05, 0.1) is 5.69 Å². The van der Waals surface area contributed by atoms with E-state index in [-0.39, 0.29) is 4.90 Å². The Bertz CT molecular complexity index is 724. The second kappa shape index (κ2) is 6.15. The summed E-state index contributed by atoms with van der Waals surface area (Å²) in [6.07, 6.45) is 2.47. The Morgan fingerprint density at radius 3 is 2.71 bits per heavy atom. The number of hydrogen-bond donors (Lipinski definition) is 3. The fraction of sp³-hybridized carbons (Fsp3) is 0.308. The fourth-order valence-electron chi connectivity index (χ4n) is 1.99. The van der Waals surface area contributed by atoms with Gasteiger partial charge in [-0.05, 0) is 31.3 Å². The van der Waals surface area contributed by atoms with Crippen LogP contribution < -0.4 is 15.8 Å². The zero-order valence-corrected chi connectivity index (χ0v) is 12.8. The van der Waals surface area contributed by atoms with Gasteiger partial charge in [-0.2, -0.15) is 5.10 Å². The lowest BCUT2D eigenvalue weighted by atomic mass is 10.2. The maximum absolute atomic E-state index is 12.0. The van der Waals surface area contributed by atoms with E-state index in [4.69, 9.17) is 5.73 Å². The van der Waals surface area contributed by atoms with Crippen LogP contribution in [0.2, 0.25) is 0 Å². The zero-order chi connectivity index (χ0) is 15.5. The molecule has 0 fully saturated rings. The average Bonchev–Trinajstić information content (AvgIpc) is 2.86. The highest BCUT2D eigenvalue weighted by Gasteiger charge is 2.16. The van der Waals surface area contributed by atoms with Crippen molar-refractivity contribution in [2.24, 2.45) is 7.05 Å². The summed E-state index contributed by atoms with van der Waals surface area (Å²) in [6.45, 7) is 0.593. The van der Waals surface area contributed by atoms with Crippen LogP contribution in [0.3, 0.4) is 0 Å². The first-order valence-corrected chi connectivity index (χ1v) is 7.96. The quantitative estimate of drug-likeness (QED) is 0.677. The smallest absolute Gasteiger partial charge is 0.242 e. The van der Waals surface area contributed by atoms with E-state index in [0.29, 0.717) is 17.9 Å². The van der Waals surface area contributed by atoms with Crippen LogP contribution in [-0.2, 0) is 23.5 Å². The van der Waals surface area contributed by atoms with Gasteiger partial charge in [0.2, 0.25) is 10.0 Å². The van der Waals surface area contributed by atoms with Crippen molar-refractivity contribution >= 4 is 21.4 Å². The van der Waals surface area contributed by atoms with Gasteiger partial charge in [0, 0.05) is 37.6 Å². The standard InChI is InChI=1S/C13H19N5O2S/c1-15-21(19,20)13-9-10(14)3-4-12(13)16-7-5-11-6-8-17-18(11)2/h3-4,6,8-9,15-16H,5,7,14H2,1-2H3. The third-order valence-corrected chi connectivity index (χ3v) is 4.64. The Labute approximate surface area is 124 Å². The monoisotopic (exact) mass is 309 g/mol. The minimum absolute atomic E-state index is 0.148. The molecule has 0 aliphatic carbocycles. The van der Waals surface area contributed by atoms with E-state index >= 15 is 0 Å². The highest BCUT2D eigenvalue weighted by atomic mass is 32.2. The molecule has 1 heterocycles. The largest absolute Gasteiger partial charge is 0.399 e. The van der Waals surface area contributed by atoms with Crippen molar-refractivity contribution in [3.8, 4) is 0 Å². The van der Waals surface area contributed by atoms with Crippen LogP contribution in [-0.4, -0.2) is 31.8 Å². The van der Waals surface area contributed by atoms with Crippen LogP contribution in [0, 0.1) is 0 Å². The Morgan fingerprint density at radius 1 is 1.33 bits per heavy atom. The molecule has 21 heavy (non-hydrogen) atoms. The van der Waals surface area contributed by atoms with E-state index in [1.54, 1.807) is 23.0 Å². The van der Waals surface area contributed by atoms with Crippen LogP contribution >= 0.6 is 0 Å². The predicted octanol–water partition coefficient (Wildman–Crippen LogP) is 0.565. The number of anilines is 2. The molecule has 8 heteroatoms. The molecule has 0 unspecified atom stereocenters. The van der Waals surface area contributed by atoms with Gasteiger partial charge in [-0.25, -0.2) is 13.1 Å². The van der Waals surface area contributed by atoms with Crippen molar-refractivity contribution in [2.75, 3.05) is 24.6 Å². The summed E-state index contributed by atoms with van der Waals surface area (Å²) in [5.41, 5.74) is 7.67. The molecule has 114 valence electrons. The van der Waals surface area contributed by atoms with Crippen molar-refractivity contribution in [1.29, 1.82) is 0 Å². The highest BCUT2D eigenvalue weighted by Crippen LogP contribution is 2.23. The average molecular weight is 309 g/mol. The van der Waals surface area contributed by atoms with E-state index in [2.05, 4.69) is 15.1 Å². The van der Waals surface area contributed by atoms with Gasteiger partial charge < -0.3 is 11.1 Å². The maximum atomic E-state index is 12.0. The number of nitrogens with zero attached hydrogens (tertiary/aromatic N) is 2. The summed E-state index contributed by atoms with van der Waals surface area (Å²) in [7, 11) is -0.310. The Balaban J connectivity index is 2.15. The summed E-state index contributed by atoms with van der Waals surface area (Å²) >= 11 is 0. The minimum Gasteiger partial charge on any atom is -0.399 e. The predicted molar refractivity (Wildman–Crippen MR) is 82.5 cm³/mol. The number of nitrogens with two attached hydrogens (primary N) is 1. The number of nitrogen functional groups attached to an aromatic ring is 1. The van der Waals surface area contributed by atoms with Gasteiger partial charge in [-0.15, -0.1) is 0 Å². The second-order valence-electron chi connectivity index (χ2n) is 4.59. The van der Waals surface area contributed by atoms with E-state index < -0.39 is 10.0 Å². The number of sulfonamides is 1.